The summed E-state index contributed by atoms with van der Waals surface area (Å²) in [4.78, 5) is 36.1. The van der Waals surface area contributed by atoms with Crippen LogP contribution in [0, 0.1) is 0 Å². The summed E-state index contributed by atoms with van der Waals surface area (Å²) in [6.45, 7) is 0.565. The summed E-state index contributed by atoms with van der Waals surface area (Å²) in [5.74, 6) is 0.0116. The highest BCUT2D eigenvalue weighted by molar-refractivity contribution is 8.00. The fourth-order valence-corrected chi connectivity index (χ4v) is 5.27. The number of carboxylic acid groups (broad SMARTS) is 1. The highest BCUT2D eigenvalue weighted by Gasteiger charge is 2.42. The van der Waals surface area contributed by atoms with Gasteiger partial charge in [-0.05, 0) is 25.7 Å². The molecule has 3 aliphatic heterocycles. The molecule has 7 nitrogen and oxygen atoms in total. The largest absolute Gasteiger partial charge is 0.480 e. The number of aliphatic carboxylic acids is 1. The van der Waals surface area contributed by atoms with Crippen molar-refractivity contribution in [3.63, 3.8) is 0 Å². The fraction of sp³-hybridized carbons (Fsp3) is 0.800. The molecule has 3 aliphatic rings. The van der Waals surface area contributed by atoms with Crippen LogP contribution in [0.15, 0.2) is 0 Å². The van der Waals surface area contributed by atoms with Crippen molar-refractivity contribution in [3.05, 3.63) is 0 Å². The zero-order valence-corrected chi connectivity index (χ0v) is 13.8. The van der Waals surface area contributed by atoms with Crippen molar-refractivity contribution in [1.82, 2.24) is 15.5 Å². The van der Waals surface area contributed by atoms with E-state index in [2.05, 4.69) is 10.6 Å². The Balaban J connectivity index is 1.38. The molecule has 0 saturated carbocycles. The lowest BCUT2D eigenvalue weighted by atomic mass is 10.0. The first kappa shape index (κ1) is 16.4. The Bertz CT molecular complexity index is 501. The first-order valence-corrected chi connectivity index (χ1v) is 9.32. The minimum Gasteiger partial charge on any atom is -0.480 e. The molecule has 0 spiro atoms. The molecule has 0 radical (unpaired) electrons. The number of nitrogens with zero attached hydrogens (tertiary/aromatic N) is 1. The van der Waals surface area contributed by atoms with Crippen LogP contribution in [0.4, 0.5) is 4.79 Å². The summed E-state index contributed by atoms with van der Waals surface area (Å²) in [7, 11) is 0. The molecule has 128 valence electrons. The number of rotatable bonds is 6. The highest BCUT2D eigenvalue weighted by atomic mass is 32.2. The number of unbranched alkanes of at least 4 members (excludes halogenated alkanes) is 1. The van der Waals surface area contributed by atoms with E-state index in [-0.39, 0.29) is 24.0 Å². The number of urea groups is 1. The normalized spacial score (nSPS) is 32.5. The molecule has 0 aromatic heterocycles. The molecule has 0 bridgehead atoms. The van der Waals surface area contributed by atoms with Crippen LogP contribution in [0.25, 0.3) is 0 Å². The second-order valence-electron chi connectivity index (χ2n) is 6.45. The van der Waals surface area contributed by atoms with Crippen LogP contribution in [0.1, 0.15) is 38.5 Å². The van der Waals surface area contributed by atoms with Crippen LogP contribution in [0.5, 0.6) is 0 Å². The van der Waals surface area contributed by atoms with Crippen molar-refractivity contribution in [2.24, 2.45) is 0 Å². The molecule has 4 atom stereocenters. The Morgan fingerprint density at radius 3 is 2.91 bits per heavy atom. The van der Waals surface area contributed by atoms with E-state index < -0.39 is 12.0 Å². The minimum atomic E-state index is -0.895. The maximum absolute atomic E-state index is 12.2. The second-order valence-corrected chi connectivity index (χ2v) is 7.72. The fourth-order valence-electron chi connectivity index (χ4n) is 3.73. The number of likely N-dealkylation sites (tertiary alicyclic amines) is 1. The summed E-state index contributed by atoms with van der Waals surface area (Å²) >= 11 is 1.87. The predicted molar refractivity (Wildman–Crippen MR) is 86.3 cm³/mol. The molecule has 3 fully saturated rings. The van der Waals surface area contributed by atoms with E-state index in [1.807, 2.05) is 11.8 Å². The second kappa shape index (κ2) is 6.98. The van der Waals surface area contributed by atoms with Crippen molar-refractivity contribution in [1.29, 1.82) is 0 Å². The van der Waals surface area contributed by atoms with Crippen molar-refractivity contribution in [3.8, 4) is 0 Å². The van der Waals surface area contributed by atoms with E-state index in [1.54, 1.807) is 0 Å². The summed E-state index contributed by atoms with van der Waals surface area (Å²) < 4.78 is 0. The summed E-state index contributed by atoms with van der Waals surface area (Å²) in [6.07, 6.45) is 4.43. The van der Waals surface area contributed by atoms with Crippen LogP contribution in [-0.4, -0.2) is 63.6 Å². The molecule has 3 amide bonds. The van der Waals surface area contributed by atoms with Crippen LogP contribution in [0.2, 0.25) is 0 Å². The third-order valence-corrected chi connectivity index (χ3v) is 6.43. The Labute approximate surface area is 139 Å². The molecular formula is C15H23N3O4S. The number of nitrogens with one attached hydrogen (secondary N) is 2. The zero-order chi connectivity index (χ0) is 16.4. The Morgan fingerprint density at radius 1 is 1.30 bits per heavy atom. The lowest BCUT2D eigenvalue weighted by Crippen LogP contribution is -2.40. The number of fused-ring (bicyclic) bond motifs is 1. The molecular weight excluding hydrogens is 318 g/mol. The zero-order valence-electron chi connectivity index (χ0n) is 13.0. The first-order valence-electron chi connectivity index (χ1n) is 8.27. The van der Waals surface area contributed by atoms with Gasteiger partial charge in [-0.15, -0.1) is 0 Å². The lowest BCUT2D eigenvalue weighted by molar-refractivity contribution is -0.148. The van der Waals surface area contributed by atoms with E-state index in [4.69, 9.17) is 5.11 Å². The third kappa shape index (κ3) is 3.57. The molecule has 8 heteroatoms. The van der Waals surface area contributed by atoms with E-state index >= 15 is 0 Å². The Hall–Kier alpha value is -1.44. The molecule has 3 N–H and O–H groups in total. The van der Waals surface area contributed by atoms with Crippen LogP contribution < -0.4 is 10.6 Å². The van der Waals surface area contributed by atoms with Crippen molar-refractivity contribution < 1.29 is 19.5 Å². The molecule has 4 unspecified atom stereocenters. The number of carbonyl (C=O) groups is 3. The summed E-state index contributed by atoms with van der Waals surface area (Å²) in [5, 5.41) is 15.4. The van der Waals surface area contributed by atoms with Crippen molar-refractivity contribution >= 4 is 29.7 Å². The van der Waals surface area contributed by atoms with E-state index in [0.29, 0.717) is 24.6 Å². The van der Waals surface area contributed by atoms with E-state index in [0.717, 1.165) is 31.4 Å². The van der Waals surface area contributed by atoms with E-state index in [1.165, 1.54) is 4.90 Å². The Kier molecular flexibility index (Phi) is 4.99. The molecule has 23 heavy (non-hydrogen) atoms. The van der Waals surface area contributed by atoms with Gasteiger partial charge in [-0.2, -0.15) is 11.8 Å². The van der Waals surface area contributed by atoms with Gasteiger partial charge in [0, 0.05) is 24.0 Å². The summed E-state index contributed by atoms with van der Waals surface area (Å²) in [6, 6.07) is -0.263. The van der Waals surface area contributed by atoms with Gasteiger partial charge in [0.05, 0.1) is 12.1 Å². The van der Waals surface area contributed by atoms with Crippen LogP contribution in [-0.2, 0) is 9.59 Å². The van der Waals surface area contributed by atoms with Gasteiger partial charge in [-0.1, -0.05) is 6.42 Å². The first-order chi connectivity index (χ1) is 11.1. The quantitative estimate of drug-likeness (QED) is 0.490. The lowest BCUT2D eigenvalue weighted by Gasteiger charge is -2.21. The number of hydrogen-bond acceptors (Lipinski definition) is 4. The number of carboxylic acids is 1. The molecule has 3 heterocycles. The molecule has 3 rings (SSSR count). The highest BCUT2D eigenvalue weighted by Crippen LogP contribution is 2.33. The van der Waals surface area contributed by atoms with Gasteiger partial charge in [0.25, 0.3) is 0 Å². The smallest absolute Gasteiger partial charge is 0.326 e. The predicted octanol–water partition coefficient (Wildman–Crippen LogP) is 0.788. The number of hydrogen-bond donors (Lipinski definition) is 3. The van der Waals surface area contributed by atoms with Gasteiger partial charge in [-0.25, -0.2) is 9.59 Å². The topological polar surface area (TPSA) is 98.7 Å². The van der Waals surface area contributed by atoms with Gasteiger partial charge in [0.2, 0.25) is 5.91 Å². The standard InChI is InChI=1S/C15H23N3O4S/c19-12(18-7-3-4-10(18)14(20)21)6-2-1-5-11-13-9(8-23-11)16-15(22)17-13/h9-11,13H,1-8H2,(H,20,21)(H2,16,17,22). The summed E-state index contributed by atoms with van der Waals surface area (Å²) in [5.41, 5.74) is 0. The van der Waals surface area contributed by atoms with Gasteiger partial charge in [0.15, 0.2) is 0 Å². The molecule has 0 aromatic rings. The van der Waals surface area contributed by atoms with E-state index in [9.17, 15) is 14.4 Å². The maximum atomic E-state index is 12.2. The number of amides is 3. The monoisotopic (exact) mass is 341 g/mol. The number of thioether (sulfide) groups is 1. The van der Waals surface area contributed by atoms with Crippen LogP contribution >= 0.6 is 11.8 Å². The van der Waals surface area contributed by atoms with Gasteiger partial charge in [-0.3, -0.25) is 4.79 Å². The maximum Gasteiger partial charge on any atom is 0.326 e. The van der Waals surface area contributed by atoms with Gasteiger partial charge >= 0.3 is 12.0 Å². The molecule has 0 aliphatic carbocycles. The molecule has 0 aromatic carbocycles. The Morgan fingerprint density at radius 2 is 2.13 bits per heavy atom. The number of carbonyl (C=O) groups excluding carboxylic acids is 2. The minimum absolute atomic E-state index is 0.0392. The third-order valence-electron chi connectivity index (χ3n) is 4.93. The average Bonchev–Trinajstić information content (AvgIpc) is 3.19. The van der Waals surface area contributed by atoms with Crippen LogP contribution in [0.3, 0.4) is 0 Å². The SMILES string of the molecule is O=C1NC2CSC(CCCCC(=O)N3CCCC3C(=O)O)C2N1. The average molecular weight is 341 g/mol. The van der Waals surface area contributed by atoms with Crippen molar-refractivity contribution in [2.75, 3.05) is 12.3 Å². The van der Waals surface area contributed by atoms with Gasteiger partial charge < -0.3 is 20.6 Å². The molecule has 3 saturated heterocycles. The van der Waals surface area contributed by atoms with Crippen molar-refractivity contribution in [2.45, 2.75) is 61.9 Å². The van der Waals surface area contributed by atoms with Gasteiger partial charge in [0.1, 0.15) is 6.04 Å².